The van der Waals surface area contributed by atoms with E-state index < -0.39 is 0 Å². The Kier molecular flexibility index (Phi) is 6.92. The first-order chi connectivity index (χ1) is 11.2. The van der Waals surface area contributed by atoms with Crippen LogP contribution in [-0.4, -0.2) is 52.4 Å². The lowest BCUT2D eigenvalue weighted by atomic mass is 10.3. The average molecular weight is 335 g/mol. The van der Waals surface area contributed by atoms with Crippen molar-refractivity contribution in [3.05, 3.63) is 24.3 Å². The Balaban J connectivity index is 2.17. The molecule has 0 atom stereocenters. The van der Waals surface area contributed by atoms with Gasteiger partial charge in [-0.3, -0.25) is 4.79 Å². The smallest absolute Gasteiger partial charge is 0.316 e. The Morgan fingerprint density at radius 1 is 1.26 bits per heavy atom. The van der Waals surface area contributed by atoms with Crippen molar-refractivity contribution in [2.24, 2.45) is 0 Å². The molecule has 2 aromatic rings. The molecule has 126 valence electrons. The molecule has 6 heteroatoms. The van der Waals surface area contributed by atoms with E-state index in [9.17, 15) is 4.79 Å². The Morgan fingerprint density at radius 2 is 2.00 bits per heavy atom. The van der Waals surface area contributed by atoms with E-state index in [0.29, 0.717) is 12.4 Å². The van der Waals surface area contributed by atoms with Crippen LogP contribution < -0.4 is 0 Å². The number of carbonyl (C=O) groups excluding carboxylic acids is 1. The predicted octanol–water partition coefficient (Wildman–Crippen LogP) is 3.03. The van der Waals surface area contributed by atoms with Crippen LogP contribution in [-0.2, 0) is 16.1 Å². The monoisotopic (exact) mass is 335 g/mol. The van der Waals surface area contributed by atoms with E-state index in [4.69, 9.17) is 4.74 Å². The van der Waals surface area contributed by atoms with Gasteiger partial charge in [-0.1, -0.05) is 37.7 Å². The van der Waals surface area contributed by atoms with Gasteiger partial charge in [0.15, 0.2) is 5.16 Å². The summed E-state index contributed by atoms with van der Waals surface area (Å²) >= 11 is 1.45. The minimum Gasteiger partial charge on any atom is -0.465 e. The van der Waals surface area contributed by atoms with Gasteiger partial charge >= 0.3 is 5.97 Å². The maximum atomic E-state index is 11.6. The zero-order valence-corrected chi connectivity index (χ0v) is 14.9. The highest BCUT2D eigenvalue weighted by Gasteiger charge is 2.13. The number of rotatable bonds is 9. The number of hydrogen-bond donors (Lipinski definition) is 0. The van der Waals surface area contributed by atoms with E-state index in [0.717, 1.165) is 42.4 Å². The third-order valence-electron chi connectivity index (χ3n) is 3.78. The minimum atomic E-state index is -0.195. The van der Waals surface area contributed by atoms with Gasteiger partial charge in [-0.05, 0) is 32.1 Å². The number of para-hydroxylation sites is 2. The summed E-state index contributed by atoms with van der Waals surface area (Å²) in [4.78, 5) is 18.7. The molecule has 1 aromatic heterocycles. The summed E-state index contributed by atoms with van der Waals surface area (Å²) in [6.45, 7) is 10.5. The molecule has 0 fully saturated rings. The van der Waals surface area contributed by atoms with Gasteiger partial charge in [0, 0.05) is 13.1 Å². The number of benzene rings is 1. The fourth-order valence-corrected chi connectivity index (χ4v) is 3.33. The van der Waals surface area contributed by atoms with E-state index in [-0.39, 0.29) is 5.97 Å². The number of hydrogen-bond acceptors (Lipinski definition) is 5. The fourth-order valence-electron chi connectivity index (χ4n) is 2.49. The summed E-state index contributed by atoms with van der Waals surface area (Å²) < 4.78 is 7.21. The van der Waals surface area contributed by atoms with Crippen LogP contribution in [0, 0.1) is 0 Å². The van der Waals surface area contributed by atoms with Gasteiger partial charge < -0.3 is 14.2 Å². The second kappa shape index (κ2) is 8.93. The Labute approximate surface area is 142 Å². The average Bonchev–Trinajstić information content (AvgIpc) is 2.92. The molecule has 0 aliphatic carbocycles. The molecule has 1 heterocycles. The second-order valence-electron chi connectivity index (χ2n) is 5.16. The lowest BCUT2D eigenvalue weighted by molar-refractivity contribution is -0.139. The summed E-state index contributed by atoms with van der Waals surface area (Å²) in [7, 11) is 0. The molecule has 0 aliphatic heterocycles. The first kappa shape index (κ1) is 17.8. The third-order valence-corrected chi connectivity index (χ3v) is 4.73. The minimum absolute atomic E-state index is 0.195. The first-order valence-electron chi connectivity index (χ1n) is 8.15. The van der Waals surface area contributed by atoms with Gasteiger partial charge in [-0.2, -0.15) is 0 Å². The highest BCUT2D eigenvalue weighted by atomic mass is 32.2. The van der Waals surface area contributed by atoms with Gasteiger partial charge in [-0.15, -0.1) is 0 Å². The molecule has 1 aromatic carbocycles. The molecule has 0 saturated carbocycles. The molecule has 0 N–H and O–H groups in total. The van der Waals surface area contributed by atoms with E-state index >= 15 is 0 Å². The Hall–Kier alpha value is -1.53. The van der Waals surface area contributed by atoms with Crippen LogP contribution in [0.3, 0.4) is 0 Å². The molecule has 0 radical (unpaired) electrons. The van der Waals surface area contributed by atoms with Crippen LogP contribution in [0.15, 0.2) is 29.4 Å². The van der Waals surface area contributed by atoms with Gasteiger partial charge in [0.1, 0.15) is 0 Å². The van der Waals surface area contributed by atoms with Gasteiger partial charge in [0.25, 0.3) is 0 Å². The van der Waals surface area contributed by atoms with Crippen LogP contribution in [0.5, 0.6) is 0 Å². The topological polar surface area (TPSA) is 47.4 Å². The molecule has 0 unspecified atom stereocenters. The number of nitrogens with zero attached hydrogens (tertiary/aromatic N) is 3. The lowest BCUT2D eigenvalue weighted by Crippen LogP contribution is -2.27. The molecule has 0 saturated heterocycles. The summed E-state index contributed by atoms with van der Waals surface area (Å²) in [5.41, 5.74) is 2.09. The highest BCUT2D eigenvalue weighted by molar-refractivity contribution is 7.99. The van der Waals surface area contributed by atoms with Crippen molar-refractivity contribution in [3.63, 3.8) is 0 Å². The first-order valence-corrected chi connectivity index (χ1v) is 9.14. The van der Waals surface area contributed by atoms with Crippen molar-refractivity contribution in [2.75, 3.05) is 32.0 Å². The number of fused-ring (bicyclic) bond motifs is 1. The van der Waals surface area contributed by atoms with Crippen LogP contribution in [0.1, 0.15) is 20.8 Å². The molecular weight excluding hydrogens is 310 g/mol. The van der Waals surface area contributed by atoms with Gasteiger partial charge in [0.2, 0.25) is 0 Å². The summed E-state index contributed by atoms with van der Waals surface area (Å²) in [6.07, 6.45) is 0. The molecular formula is C17H25N3O2S. The van der Waals surface area contributed by atoms with Gasteiger partial charge in [0.05, 0.1) is 23.4 Å². The maximum Gasteiger partial charge on any atom is 0.316 e. The number of esters is 1. The molecule has 23 heavy (non-hydrogen) atoms. The standard InChI is InChI=1S/C17H25N3O2S/c1-4-19(5-2)11-12-20-15-10-8-7-9-14(15)18-17(20)23-13-16(21)22-6-3/h7-10H,4-6,11-13H2,1-3H3. The zero-order valence-electron chi connectivity index (χ0n) is 14.1. The van der Waals surface area contributed by atoms with Crippen molar-refractivity contribution in [1.29, 1.82) is 0 Å². The van der Waals surface area contributed by atoms with Crippen molar-refractivity contribution in [3.8, 4) is 0 Å². The van der Waals surface area contributed by atoms with Crippen LogP contribution >= 0.6 is 11.8 Å². The largest absolute Gasteiger partial charge is 0.465 e. The van der Waals surface area contributed by atoms with Crippen molar-refractivity contribution >= 4 is 28.8 Å². The SMILES string of the molecule is CCOC(=O)CSc1nc2ccccc2n1CCN(CC)CC. The highest BCUT2D eigenvalue weighted by Crippen LogP contribution is 2.24. The summed E-state index contributed by atoms with van der Waals surface area (Å²) in [5.74, 6) is 0.0995. The summed E-state index contributed by atoms with van der Waals surface area (Å²) in [5, 5.41) is 0.881. The van der Waals surface area contributed by atoms with Crippen molar-refractivity contribution in [1.82, 2.24) is 14.5 Å². The van der Waals surface area contributed by atoms with E-state index in [2.05, 4.69) is 34.4 Å². The van der Waals surface area contributed by atoms with Gasteiger partial charge in [-0.25, -0.2) is 4.98 Å². The predicted molar refractivity (Wildman–Crippen MR) is 94.9 cm³/mol. The van der Waals surface area contributed by atoms with E-state index in [1.54, 1.807) is 0 Å². The summed E-state index contributed by atoms with van der Waals surface area (Å²) in [6, 6.07) is 8.11. The molecule has 0 bridgehead atoms. The molecule has 0 aliphatic rings. The molecule has 0 amide bonds. The quantitative estimate of drug-likeness (QED) is 0.521. The number of carbonyl (C=O) groups is 1. The molecule has 2 rings (SSSR count). The number of imidazole rings is 1. The number of aromatic nitrogens is 2. The normalized spacial score (nSPS) is 11.3. The maximum absolute atomic E-state index is 11.6. The van der Waals surface area contributed by atoms with Crippen LogP contribution in [0.25, 0.3) is 11.0 Å². The molecule has 5 nitrogen and oxygen atoms in total. The lowest BCUT2D eigenvalue weighted by Gasteiger charge is -2.19. The van der Waals surface area contributed by atoms with Crippen LogP contribution in [0.4, 0.5) is 0 Å². The van der Waals surface area contributed by atoms with Crippen molar-refractivity contribution in [2.45, 2.75) is 32.5 Å². The number of ether oxygens (including phenoxy) is 1. The Bertz CT molecular complexity index is 638. The van der Waals surface area contributed by atoms with E-state index in [1.807, 2.05) is 25.1 Å². The number of likely N-dealkylation sites (N-methyl/N-ethyl adjacent to an activating group) is 1. The van der Waals surface area contributed by atoms with Crippen LogP contribution in [0.2, 0.25) is 0 Å². The Morgan fingerprint density at radius 3 is 2.70 bits per heavy atom. The zero-order chi connectivity index (χ0) is 16.7. The van der Waals surface area contributed by atoms with Crippen molar-refractivity contribution < 1.29 is 9.53 Å². The second-order valence-corrected chi connectivity index (χ2v) is 6.10. The number of thioether (sulfide) groups is 1. The third kappa shape index (κ3) is 4.72. The van der Waals surface area contributed by atoms with E-state index in [1.165, 1.54) is 11.8 Å². The molecule has 0 spiro atoms. The fraction of sp³-hybridized carbons (Fsp3) is 0.529.